The molecule has 0 heterocycles. The van der Waals surface area contributed by atoms with Crippen molar-refractivity contribution in [2.24, 2.45) is 0 Å². The molecule has 0 unspecified atom stereocenters. The van der Waals surface area contributed by atoms with Crippen molar-refractivity contribution < 1.29 is 9.59 Å². The smallest absolute Gasteiger partial charge is 0.226 e. The second-order valence-electron chi connectivity index (χ2n) is 5.32. The van der Waals surface area contributed by atoms with E-state index in [1.54, 1.807) is 4.90 Å². The lowest BCUT2D eigenvalue weighted by atomic mass is 10.1. The fourth-order valence-electron chi connectivity index (χ4n) is 2.48. The molecule has 0 spiro atoms. The van der Waals surface area contributed by atoms with Crippen LogP contribution >= 0.6 is 0 Å². The van der Waals surface area contributed by atoms with E-state index in [1.807, 2.05) is 54.6 Å². The zero-order valence-electron chi connectivity index (χ0n) is 13.6. The quantitative estimate of drug-likeness (QED) is 0.885. The molecule has 0 saturated carbocycles. The number of carbonyl (C=O) groups excluding carboxylic acids is 2. The summed E-state index contributed by atoms with van der Waals surface area (Å²) in [6, 6.07) is 17.1. The molecule has 1 N–H and O–H groups in total. The highest BCUT2D eigenvalue weighted by Crippen LogP contribution is 2.21. The number of benzene rings is 2. The SMILES string of the molecule is CCc1ccccc1N(CCC(=O)Nc1ccccc1)C(C)=O. The predicted octanol–water partition coefficient (Wildman–Crippen LogP) is 3.63. The van der Waals surface area contributed by atoms with Crippen LogP contribution < -0.4 is 10.2 Å². The molecular weight excluding hydrogens is 288 g/mol. The maximum Gasteiger partial charge on any atom is 0.226 e. The summed E-state index contributed by atoms with van der Waals surface area (Å²) in [5, 5.41) is 2.84. The monoisotopic (exact) mass is 310 g/mol. The summed E-state index contributed by atoms with van der Waals surface area (Å²) >= 11 is 0. The average Bonchev–Trinajstić information content (AvgIpc) is 2.56. The van der Waals surface area contributed by atoms with Gasteiger partial charge in [0.1, 0.15) is 0 Å². The molecule has 2 rings (SSSR count). The summed E-state index contributed by atoms with van der Waals surface area (Å²) in [5.74, 6) is -0.158. The molecule has 2 aromatic carbocycles. The van der Waals surface area contributed by atoms with Crippen molar-refractivity contribution in [3.63, 3.8) is 0 Å². The van der Waals surface area contributed by atoms with Crippen LogP contribution in [0.15, 0.2) is 54.6 Å². The summed E-state index contributed by atoms with van der Waals surface area (Å²) in [5.41, 5.74) is 2.75. The van der Waals surface area contributed by atoms with Crippen molar-refractivity contribution in [2.45, 2.75) is 26.7 Å². The molecule has 4 heteroatoms. The summed E-state index contributed by atoms with van der Waals surface area (Å²) in [6.45, 7) is 3.95. The molecule has 120 valence electrons. The number of hydrogen-bond donors (Lipinski definition) is 1. The molecule has 0 aliphatic rings. The molecule has 2 amide bonds. The molecule has 23 heavy (non-hydrogen) atoms. The number of aryl methyl sites for hydroxylation is 1. The van der Waals surface area contributed by atoms with Gasteiger partial charge in [-0.3, -0.25) is 9.59 Å². The highest BCUT2D eigenvalue weighted by atomic mass is 16.2. The lowest BCUT2D eigenvalue weighted by molar-refractivity contribution is -0.117. The van der Waals surface area contributed by atoms with Gasteiger partial charge in [-0.05, 0) is 30.2 Å². The Balaban J connectivity index is 2.03. The minimum Gasteiger partial charge on any atom is -0.326 e. The van der Waals surface area contributed by atoms with Crippen molar-refractivity contribution >= 4 is 23.2 Å². The highest BCUT2D eigenvalue weighted by molar-refractivity contribution is 5.95. The third-order valence-corrected chi connectivity index (χ3v) is 3.66. The van der Waals surface area contributed by atoms with Crippen LogP contribution in [0, 0.1) is 0 Å². The standard InChI is InChI=1S/C19H22N2O2/c1-3-16-9-7-8-12-18(16)21(15(2)22)14-13-19(23)20-17-10-5-4-6-11-17/h4-12H,3,13-14H2,1-2H3,(H,20,23). The number of amides is 2. The highest BCUT2D eigenvalue weighted by Gasteiger charge is 2.15. The molecule has 0 atom stereocenters. The van der Waals surface area contributed by atoms with Gasteiger partial charge in [-0.1, -0.05) is 43.3 Å². The Morgan fingerprint density at radius 1 is 1.00 bits per heavy atom. The number of nitrogens with zero attached hydrogens (tertiary/aromatic N) is 1. The van der Waals surface area contributed by atoms with E-state index in [1.165, 1.54) is 6.92 Å². The summed E-state index contributed by atoms with van der Waals surface area (Å²) in [6.07, 6.45) is 1.10. The van der Waals surface area contributed by atoms with Crippen molar-refractivity contribution in [3.8, 4) is 0 Å². The van der Waals surface area contributed by atoms with E-state index in [4.69, 9.17) is 0 Å². The van der Waals surface area contributed by atoms with Crippen LogP contribution in [0.3, 0.4) is 0 Å². The normalized spacial score (nSPS) is 10.2. The maximum atomic E-state index is 12.1. The van der Waals surface area contributed by atoms with Crippen LogP contribution in [-0.4, -0.2) is 18.4 Å². The third-order valence-electron chi connectivity index (χ3n) is 3.66. The summed E-state index contributed by atoms with van der Waals surface area (Å²) in [4.78, 5) is 25.7. The Kier molecular flexibility index (Phi) is 5.92. The fourth-order valence-corrected chi connectivity index (χ4v) is 2.48. The Labute approximate surface area is 137 Å². The summed E-state index contributed by atoms with van der Waals surface area (Å²) < 4.78 is 0. The van der Waals surface area contributed by atoms with E-state index in [0.717, 1.165) is 23.4 Å². The molecule has 2 aromatic rings. The first kappa shape index (κ1) is 16.7. The molecular formula is C19H22N2O2. The Morgan fingerprint density at radius 2 is 1.65 bits per heavy atom. The molecule has 0 radical (unpaired) electrons. The van der Waals surface area contributed by atoms with Crippen LogP contribution in [0.2, 0.25) is 0 Å². The van der Waals surface area contributed by atoms with Crippen molar-refractivity contribution in [1.29, 1.82) is 0 Å². The minimum absolute atomic E-state index is 0.0570. The number of hydrogen-bond acceptors (Lipinski definition) is 2. The van der Waals surface area contributed by atoms with Gasteiger partial charge in [-0.2, -0.15) is 0 Å². The van der Waals surface area contributed by atoms with Crippen LogP contribution in [0.25, 0.3) is 0 Å². The van der Waals surface area contributed by atoms with Crippen LogP contribution in [0.4, 0.5) is 11.4 Å². The van der Waals surface area contributed by atoms with E-state index < -0.39 is 0 Å². The largest absolute Gasteiger partial charge is 0.326 e. The minimum atomic E-state index is -0.101. The van der Waals surface area contributed by atoms with Gasteiger partial charge in [0.15, 0.2) is 0 Å². The number of carbonyl (C=O) groups is 2. The fraction of sp³-hybridized carbons (Fsp3) is 0.263. The summed E-state index contributed by atoms with van der Waals surface area (Å²) in [7, 11) is 0. The number of anilines is 2. The van der Waals surface area contributed by atoms with Gasteiger partial charge in [-0.15, -0.1) is 0 Å². The van der Waals surface area contributed by atoms with Crippen molar-refractivity contribution in [3.05, 3.63) is 60.2 Å². The molecule has 0 bridgehead atoms. The van der Waals surface area contributed by atoms with E-state index in [0.29, 0.717) is 6.54 Å². The molecule has 0 fully saturated rings. The van der Waals surface area contributed by atoms with Crippen LogP contribution in [0.5, 0.6) is 0 Å². The van der Waals surface area contributed by atoms with Gasteiger partial charge in [0.2, 0.25) is 11.8 Å². The van der Waals surface area contributed by atoms with Gasteiger partial charge in [0.05, 0.1) is 0 Å². The zero-order chi connectivity index (χ0) is 16.7. The van der Waals surface area contributed by atoms with Gasteiger partial charge < -0.3 is 10.2 Å². The predicted molar refractivity (Wildman–Crippen MR) is 93.5 cm³/mol. The van der Waals surface area contributed by atoms with E-state index in [-0.39, 0.29) is 18.2 Å². The average molecular weight is 310 g/mol. The Morgan fingerprint density at radius 3 is 2.30 bits per heavy atom. The first-order valence-electron chi connectivity index (χ1n) is 7.82. The number of nitrogens with one attached hydrogen (secondary N) is 1. The molecule has 0 aliphatic carbocycles. The van der Waals surface area contributed by atoms with Gasteiger partial charge >= 0.3 is 0 Å². The Bertz CT molecular complexity index is 668. The zero-order valence-corrected chi connectivity index (χ0v) is 13.6. The van der Waals surface area contributed by atoms with Crippen LogP contribution in [0.1, 0.15) is 25.8 Å². The lowest BCUT2D eigenvalue weighted by Crippen LogP contribution is -2.32. The van der Waals surface area contributed by atoms with Gasteiger partial charge in [-0.25, -0.2) is 0 Å². The second-order valence-corrected chi connectivity index (χ2v) is 5.32. The van der Waals surface area contributed by atoms with E-state index in [9.17, 15) is 9.59 Å². The van der Waals surface area contributed by atoms with Crippen molar-refractivity contribution in [2.75, 3.05) is 16.8 Å². The first-order chi connectivity index (χ1) is 11.1. The Hall–Kier alpha value is -2.62. The third kappa shape index (κ3) is 4.68. The van der Waals surface area contributed by atoms with E-state index >= 15 is 0 Å². The van der Waals surface area contributed by atoms with Gasteiger partial charge in [0.25, 0.3) is 0 Å². The maximum absolute atomic E-state index is 12.1. The number of rotatable bonds is 6. The van der Waals surface area contributed by atoms with Gasteiger partial charge in [0, 0.05) is 31.3 Å². The first-order valence-corrected chi connectivity index (χ1v) is 7.82. The molecule has 0 aliphatic heterocycles. The van der Waals surface area contributed by atoms with E-state index in [2.05, 4.69) is 12.2 Å². The molecule has 0 saturated heterocycles. The molecule has 4 nitrogen and oxygen atoms in total. The second kappa shape index (κ2) is 8.13. The number of para-hydroxylation sites is 2. The molecule has 0 aromatic heterocycles. The van der Waals surface area contributed by atoms with Crippen LogP contribution in [-0.2, 0) is 16.0 Å². The van der Waals surface area contributed by atoms with Crippen molar-refractivity contribution in [1.82, 2.24) is 0 Å². The topological polar surface area (TPSA) is 49.4 Å². The lowest BCUT2D eigenvalue weighted by Gasteiger charge is -2.23.